The van der Waals surface area contributed by atoms with Crippen LogP contribution in [0.1, 0.15) is 50.5 Å². The lowest BCUT2D eigenvalue weighted by Crippen LogP contribution is -2.52. The summed E-state index contributed by atoms with van der Waals surface area (Å²) in [6.07, 6.45) is 7.32. The Balaban J connectivity index is 1.76. The minimum atomic E-state index is -0.413. The van der Waals surface area contributed by atoms with E-state index < -0.39 is 5.41 Å². The molecular weight excluding hydrogens is 348 g/mol. The number of halogens is 1. The van der Waals surface area contributed by atoms with E-state index in [0.717, 1.165) is 57.2 Å². The van der Waals surface area contributed by atoms with Crippen LogP contribution in [0.4, 0.5) is 0 Å². The first kappa shape index (κ1) is 19.7. The summed E-state index contributed by atoms with van der Waals surface area (Å²) in [4.78, 5) is 13.4. The molecule has 5 heteroatoms. The highest BCUT2D eigenvalue weighted by Crippen LogP contribution is 2.40. The second-order valence-electron chi connectivity index (χ2n) is 8.02. The van der Waals surface area contributed by atoms with Crippen LogP contribution in [-0.2, 0) is 14.9 Å². The molecule has 1 aliphatic carbocycles. The van der Waals surface area contributed by atoms with Crippen molar-refractivity contribution in [3.63, 3.8) is 0 Å². The van der Waals surface area contributed by atoms with Gasteiger partial charge in [0.25, 0.3) is 0 Å². The summed E-state index contributed by atoms with van der Waals surface area (Å²) < 4.78 is 5.49. The lowest BCUT2D eigenvalue weighted by atomic mass is 9.68. The van der Waals surface area contributed by atoms with Crippen molar-refractivity contribution in [2.45, 2.75) is 50.4 Å². The number of rotatable bonds is 6. The number of hydrogen-bond acceptors (Lipinski definition) is 3. The molecule has 0 radical (unpaired) electrons. The summed E-state index contributed by atoms with van der Waals surface area (Å²) >= 11 is 6.07. The fourth-order valence-electron chi connectivity index (χ4n) is 4.64. The predicted octanol–water partition coefficient (Wildman–Crippen LogP) is 3.67. The van der Waals surface area contributed by atoms with Crippen LogP contribution >= 0.6 is 11.6 Å². The molecule has 1 aromatic carbocycles. The summed E-state index contributed by atoms with van der Waals surface area (Å²) in [5.41, 5.74) is 0.736. The maximum absolute atomic E-state index is 13.4. The van der Waals surface area contributed by atoms with Crippen molar-refractivity contribution in [3.8, 4) is 0 Å². The molecule has 1 aliphatic heterocycles. The van der Waals surface area contributed by atoms with Crippen molar-refractivity contribution in [1.82, 2.24) is 10.6 Å². The van der Waals surface area contributed by atoms with Crippen LogP contribution in [0.25, 0.3) is 0 Å². The molecule has 2 aliphatic rings. The zero-order chi connectivity index (χ0) is 18.5. The molecule has 2 N–H and O–H groups in total. The third kappa shape index (κ3) is 4.24. The molecule has 0 spiro atoms. The van der Waals surface area contributed by atoms with Gasteiger partial charge in [-0.15, -0.1) is 0 Å². The zero-order valence-electron chi connectivity index (χ0n) is 15.8. The Morgan fingerprint density at radius 3 is 2.38 bits per heavy atom. The van der Waals surface area contributed by atoms with Gasteiger partial charge in [-0.3, -0.25) is 4.79 Å². The molecule has 1 aromatic rings. The van der Waals surface area contributed by atoms with E-state index in [1.807, 2.05) is 24.3 Å². The largest absolute Gasteiger partial charge is 0.384 e. The highest BCUT2D eigenvalue weighted by atomic mass is 35.5. The molecule has 144 valence electrons. The summed E-state index contributed by atoms with van der Waals surface area (Å²) in [6, 6.07) is 7.87. The van der Waals surface area contributed by atoms with E-state index in [-0.39, 0.29) is 11.3 Å². The summed E-state index contributed by atoms with van der Waals surface area (Å²) in [7, 11) is 1.75. The van der Waals surface area contributed by atoms with Crippen LogP contribution < -0.4 is 10.6 Å². The van der Waals surface area contributed by atoms with Gasteiger partial charge in [-0.1, -0.05) is 43.0 Å². The first-order valence-corrected chi connectivity index (χ1v) is 10.2. The molecule has 4 nitrogen and oxygen atoms in total. The van der Waals surface area contributed by atoms with Crippen molar-refractivity contribution in [3.05, 3.63) is 34.9 Å². The molecule has 1 saturated carbocycles. The van der Waals surface area contributed by atoms with Crippen LogP contribution in [0.5, 0.6) is 0 Å². The van der Waals surface area contributed by atoms with Gasteiger partial charge in [-0.25, -0.2) is 0 Å². The number of amides is 1. The molecule has 0 unspecified atom stereocenters. The zero-order valence-corrected chi connectivity index (χ0v) is 16.5. The van der Waals surface area contributed by atoms with Crippen molar-refractivity contribution in [2.24, 2.45) is 5.41 Å². The highest BCUT2D eigenvalue weighted by Gasteiger charge is 2.42. The third-order valence-electron chi connectivity index (χ3n) is 6.28. The Kier molecular flexibility index (Phi) is 6.60. The van der Waals surface area contributed by atoms with Crippen LogP contribution in [0.2, 0.25) is 5.02 Å². The standard InChI is InChI=1S/C21H31ClN2O2/c1-26-16-20(11-13-23-14-12-20)15-24-19(25)21(9-3-2-4-10-21)17-5-7-18(22)8-6-17/h5-8,23H,2-4,9-16H2,1H3,(H,24,25). The monoisotopic (exact) mass is 378 g/mol. The molecule has 0 atom stereocenters. The van der Waals surface area contributed by atoms with E-state index in [4.69, 9.17) is 16.3 Å². The van der Waals surface area contributed by atoms with Gasteiger partial charge in [-0.05, 0) is 56.5 Å². The first-order valence-electron chi connectivity index (χ1n) is 9.84. The second kappa shape index (κ2) is 8.73. The van der Waals surface area contributed by atoms with E-state index in [0.29, 0.717) is 18.2 Å². The quantitative estimate of drug-likeness (QED) is 0.794. The van der Waals surface area contributed by atoms with E-state index in [9.17, 15) is 4.79 Å². The van der Waals surface area contributed by atoms with Gasteiger partial charge in [-0.2, -0.15) is 0 Å². The molecule has 1 saturated heterocycles. The van der Waals surface area contributed by atoms with E-state index in [1.165, 1.54) is 6.42 Å². The molecule has 1 amide bonds. The SMILES string of the molecule is COCC1(CNC(=O)C2(c3ccc(Cl)cc3)CCCCC2)CCNCC1. The van der Waals surface area contributed by atoms with E-state index >= 15 is 0 Å². The van der Waals surface area contributed by atoms with Crippen molar-refractivity contribution in [1.29, 1.82) is 0 Å². The number of carbonyl (C=O) groups is 1. The number of methoxy groups -OCH3 is 1. The van der Waals surface area contributed by atoms with Crippen LogP contribution in [0, 0.1) is 5.41 Å². The molecule has 2 fully saturated rings. The molecule has 0 aromatic heterocycles. The van der Waals surface area contributed by atoms with Crippen LogP contribution in [0.15, 0.2) is 24.3 Å². The van der Waals surface area contributed by atoms with Gasteiger partial charge in [0.1, 0.15) is 0 Å². The fourth-order valence-corrected chi connectivity index (χ4v) is 4.77. The van der Waals surface area contributed by atoms with Gasteiger partial charge in [0.05, 0.1) is 12.0 Å². The van der Waals surface area contributed by atoms with Gasteiger partial charge in [0, 0.05) is 24.1 Å². The second-order valence-corrected chi connectivity index (χ2v) is 8.45. The Bertz CT molecular complexity index is 585. The lowest BCUT2D eigenvalue weighted by Gasteiger charge is -2.40. The summed E-state index contributed by atoms with van der Waals surface area (Å²) in [5.74, 6) is 0.175. The van der Waals surface area contributed by atoms with E-state index in [2.05, 4.69) is 10.6 Å². The Morgan fingerprint density at radius 2 is 1.77 bits per heavy atom. The lowest BCUT2D eigenvalue weighted by molar-refractivity contribution is -0.129. The molecular formula is C21H31ClN2O2. The number of piperidine rings is 1. The number of nitrogens with one attached hydrogen (secondary N) is 2. The van der Waals surface area contributed by atoms with Gasteiger partial charge in [0.15, 0.2) is 0 Å². The van der Waals surface area contributed by atoms with Crippen LogP contribution in [-0.4, -0.2) is 39.3 Å². The Hall–Kier alpha value is -1.10. The van der Waals surface area contributed by atoms with Crippen molar-refractivity contribution >= 4 is 17.5 Å². The van der Waals surface area contributed by atoms with Crippen LogP contribution in [0.3, 0.4) is 0 Å². The topological polar surface area (TPSA) is 50.4 Å². The average molecular weight is 379 g/mol. The maximum atomic E-state index is 13.4. The molecule has 1 heterocycles. The Labute approximate surface area is 162 Å². The van der Waals surface area contributed by atoms with Crippen molar-refractivity contribution < 1.29 is 9.53 Å². The Morgan fingerprint density at radius 1 is 1.12 bits per heavy atom. The minimum absolute atomic E-state index is 0.0471. The number of ether oxygens (including phenoxy) is 1. The maximum Gasteiger partial charge on any atom is 0.230 e. The first-order chi connectivity index (χ1) is 12.6. The third-order valence-corrected chi connectivity index (χ3v) is 6.53. The average Bonchev–Trinajstić information content (AvgIpc) is 2.68. The molecule has 0 bridgehead atoms. The van der Waals surface area contributed by atoms with E-state index in [1.54, 1.807) is 7.11 Å². The molecule has 3 rings (SSSR count). The van der Waals surface area contributed by atoms with Gasteiger partial charge >= 0.3 is 0 Å². The normalized spacial score (nSPS) is 21.9. The summed E-state index contributed by atoms with van der Waals surface area (Å²) in [5, 5.41) is 7.45. The number of hydrogen-bond donors (Lipinski definition) is 2. The van der Waals surface area contributed by atoms with Gasteiger partial charge in [0.2, 0.25) is 5.91 Å². The van der Waals surface area contributed by atoms with Gasteiger partial charge < -0.3 is 15.4 Å². The number of carbonyl (C=O) groups excluding carboxylic acids is 1. The number of benzene rings is 1. The highest BCUT2D eigenvalue weighted by molar-refractivity contribution is 6.30. The predicted molar refractivity (Wildman–Crippen MR) is 106 cm³/mol. The van der Waals surface area contributed by atoms with Crippen molar-refractivity contribution in [2.75, 3.05) is 33.4 Å². The molecule has 26 heavy (non-hydrogen) atoms. The smallest absolute Gasteiger partial charge is 0.230 e. The fraction of sp³-hybridized carbons (Fsp3) is 0.667. The summed E-state index contributed by atoms with van der Waals surface area (Å²) in [6.45, 7) is 3.36. The minimum Gasteiger partial charge on any atom is -0.384 e.